The lowest BCUT2D eigenvalue weighted by Crippen LogP contribution is -2.44. The highest BCUT2D eigenvalue weighted by atomic mass is 35.5. The van der Waals surface area contributed by atoms with Crippen LogP contribution in [0.5, 0.6) is 0 Å². The summed E-state index contributed by atoms with van der Waals surface area (Å²) in [6.07, 6.45) is 1.45. The monoisotopic (exact) mass is 211 g/mol. The Bertz CT molecular complexity index is 159. The zero-order valence-electron chi connectivity index (χ0n) is 7.73. The molecule has 0 aromatic rings. The van der Waals surface area contributed by atoms with Gasteiger partial charge in [0.1, 0.15) is 0 Å². The number of alkyl halides is 2. The number of nitrogens with zero attached hydrogens (tertiary/aromatic N) is 1. The minimum absolute atomic E-state index is 0.179. The van der Waals surface area contributed by atoms with E-state index in [1.165, 1.54) is 0 Å². The van der Waals surface area contributed by atoms with Gasteiger partial charge in [0.25, 0.3) is 5.91 Å². The summed E-state index contributed by atoms with van der Waals surface area (Å²) in [7, 11) is 1.71. The van der Waals surface area contributed by atoms with Crippen molar-refractivity contribution in [2.24, 2.45) is 0 Å². The first-order valence-corrected chi connectivity index (χ1v) is 4.93. The van der Waals surface area contributed by atoms with E-state index in [1.54, 1.807) is 11.9 Å². The van der Waals surface area contributed by atoms with Crippen molar-refractivity contribution in [3.63, 3.8) is 0 Å². The van der Waals surface area contributed by atoms with Crippen LogP contribution >= 0.6 is 23.2 Å². The number of amides is 1. The van der Waals surface area contributed by atoms with Crippen molar-refractivity contribution >= 4 is 29.1 Å². The van der Waals surface area contributed by atoms with E-state index in [0.29, 0.717) is 6.42 Å². The fourth-order valence-corrected chi connectivity index (χ4v) is 1.58. The highest BCUT2D eigenvalue weighted by Crippen LogP contribution is 2.32. The van der Waals surface area contributed by atoms with Crippen LogP contribution in [-0.2, 0) is 4.79 Å². The Balaban J connectivity index is 0.000000561. The molecule has 1 fully saturated rings. The van der Waals surface area contributed by atoms with E-state index in [4.69, 9.17) is 23.2 Å². The molecule has 0 unspecified atom stereocenters. The van der Waals surface area contributed by atoms with Crippen LogP contribution in [0.4, 0.5) is 0 Å². The third kappa shape index (κ3) is 2.83. The predicted octanol–water partition coefficient (Wildman–Crippen LogP) is 2.44. The van der Waals surface area contributed by atoms with Crippen molar-refractivity contribution in [2.45, 2.75) is 31.0 Å². The SMILES string of the molecule is CC.CN1CCCC(Cl)(Cl)C1=O. The zero-order chi connectivity index (χ0) is 9.78. The van der Waals surface area contributed by atoms with Crippen LogP contribution in [0.15, 0.2) is 0 Å². The molecule has 1 aliphatic rings. The van der Waals surface area contributed by atoms with E-state index < -0.39 is 4.33 Å². The molecule has 0 aromatic carbocycles. The summed E-state index contributed by atoms with van der Waals surface area (Å²) in [6, 6.07) is 0. The molecule has 0 spiro atoms. The number of rotatable bonds is 0. The predicted molar refractivity (Wildman–Crippen MR) is 52.7 cm³/mol. The van der Waals surface area contributed by atoms with Crippen molar-refractivity contribution in [1.29, 1.82) is 0 Å². The largest absolute Gasteiger partial charge is 0.343 e. The van der Waals surface area contributed by atoms with Gasteiger partial charge in [-0.1, -0.05) is 37.0 Å². The third-order valence-corrected chi connectivity index (χ3v) is 2.35. The molecule has 1 aliphatic heterocycles. The average Bonchev–Trinajstić information content (AvgIpc) is 2.04. The second-order valence-electron chi connectivity index (χ2n) is 2.53. The Morgan fingerprint density at radius 1 is 1.42 bits per heavy atom. The lowest BCUT2D eigenvalue weighted by atomic mass is 10.1. The number of likely N-dealkylation sites (tertiary alicyclic amines) is 1. The molecular weight excluding hydrogens is 197 g/mol. The second-order valence-corrected chi connectivity index (χ2v) is 4.02. The van der Waals surface area contributed by atoms with Gasteiger partial charge in [-0.15, -0.1) is 0 Å². The number of hydrogen-bond acceptors (Lipinski definition) is 1. The van der Waals surface area contributed by atoms with Crippen molar-refractivity contribution in [3.05, 3.63) is 0 Å². The van der Waals surface area contributed by atoms with Crippen molar-refractivity contribution in [1.82, 2.24) is 4.90 Å². The van der Waals surface area contributed by atoms with E-state index in [9.17, 15) is 4.79 Å². The maximum Gasteiger partial charge on any atom is 0.258 e. The average molecular weight is 212 g/mol. The molecule has 0 radical (unpaired) electrons. The lowest BCUT2D eigenvalue weighted by molar-refractivity contribution is -0.132. The first kappa shape index (κ1) is 12.0. The first-order valence-electron chi connectivity index (χ1n) is 4.17. The van der Waals surface area contributed by atoms with Crippen LogP contribution in [-0.4, -0.2) is 28.7 Å². The molecule has 1 rings (SSSR count). The van der Waals surface area contributed by atoms with E-state index in [0.717, 1.165) is 13.0 Å². The fraction of sp³-hybridized carbons (Fsp3) is 0.875. The molecule has 72 valence electrons. The standard InChI is InChI=1S/C6H9Cl2NO.C2H6/c1-9-4-2-3-6(7,8)5(9)10;1-2/h2-4H2,1H3;1-2H3. The van der Waals surface area contributed by atoms with Gasteiger partial charge < -0.3 is 4.90 Å². The van der Waals surface area contributed by atoms with Crippen LogP contribution in [0.25, 0.3) is 0 Å². The minimum Gasteiger partial charge on any atom is -0.343 e. The quantitative estimate of drug-likeness (QED) is 0.564. The third-order valence-electron chi connectivity index (χ3n) is 1.64. The molecule has 1 amide bonds. The first-order chi connectivity index (χ1) is 5.54. The molecule has 2 nitrogen and oxygen atoms in total. The van der Waals surface area contributed by atoms with Gasteiger partial charge in [-0.05, 0) is 12.8 Å². The maximum atomic E-state index is 11.1. The Kier molecular flexibility index (Phi) is 4.95. The summed E-state index contributed by atoms with van der Waals surface area (Å²) >= 11 is 11.4. The normalized spacial score (nSPS) is 21.4. The fourth-order valence-electron chi connectivity index (χ4n) is 1.03. The highest BCUT2D eigenvalue weighted by Gasteiger charge is 2.38. The smallest absolute Gasteiger partial charge is 0.258 e. The van der Waals surface area contributed by atoms with E-state index in [1.807, 2.05) is 13.8 Å². The number of halogens is 2. The molecular formula is C8H15Cl2NO. The summed E-state index contributed by atoms with van der Waals surface area (Å²) in [5.41, 5.74) is 0. The molecule has 1 saturated heterocycles. The Morgan fingerprint density at radius 2 is 1.92 bits per heavy atom. The maximum absolute atomic E-state index is 11.1. The summed E-state index contributed by atoms with van der Waals surface area (Å²) < 4.78 is -1.16. The molecule has 4 heteroatoms. The summed E-state index contributed by atoms with van der Waals surface area (Å²) in [6.45, 7) is 4.76. The Labute approximate surface area is 83.8 Å². The van der Waals surface area contributed by atoms with Gasteiger partial charge in [-0.25, -0.2) is 0 Å². The molecule has 0 aliphatic carbocycles. The Morgan fingerprint density at radius 3 is 2.25 bits per heavy atom. The van der Waals surface area contributed by atoms with Gasteiger partial charge in [-0.2, -0.15) is 0 Å². The molecule has 0 saturated carbocycles. The van der Waals surface area contributed by atoms with E-state index >= 15 is 0 Å². The van der Waals surface area contributed by atoms with Gasteiger partial charge in [0.15, 0.2) is 4.33 Å². The van der Waals surface area contributed by atoms with Crippen LogP contribution in [0.3, 0.4) is 0 Å². The molecule has 0 aromatic heterocycles. The summed E-state index contributed by atoms with van der Waals surface area (Å²) in [5, 5.41) is 0. The van der Waals surface area contributed by atoms with Crippen LogP contribution in [0.2, 0.25) is 0 Å². The van der Waals surface area contributed by atoms with E-state index in [-0.39, 0.29) is 5.91 Å². The van der Waals surface area contributed by atoms with Gasteiger partial charge >= 0.3 is 0 Å². The number of piperidine rings is 1. The lowest BCUT2D eigenvalue weighted by Gasteiger charge is -2.30. The van der Waals surface area contributed by atoms with Crippen LogP contribution in [0.1, 0.15) is 26.7 Å². The highest BCUT2D eigenvalue weighted by molar-refractivity contribution is 6.58. The number of carbonyl (C=O) groups excluding carboxylic acids is 1. The molecule has 12 heavy (non-hydrogen) atoms. The van der Waals surface area contributed by atoms with Crippen LogP contribution < -0.4 is 0 Å². The second kappa shape index (κ2) is 4.93. The molecule has 1 heterocycles. The molecule has 0 atom stereocenters. The van der Waals surface area contributed by atoms with Gasteiger partial charge in [0.2, 0.25) is 0 Å². The topological polar surface area (TPSA) is 20.3 Å². The summed E-state index contributed by atoms with van der Waals surface area (Å²) in [5.74, 6) is -0.179. The molecule has 0 bridgehead atoms. The van der Waals surface area contributed by atoms with Crippen molar-refractivity contribution in [2.75, 3.05) is 13.6 Å². The zero-order valence-corrected chi connectivity index (χ0v) is 9.24. The van der Waals surface area contributed by atoms with Gasteiger partial charge in [0, 0.05) is 13.6 Å². The number of hydrogen-bond donors (Lipinski definition) is 0. The molecule has 0 N–H and O–H groups in total. The Hall–Kier alpha value is 0.0500. The van der Waals surface area contributed by atoms with Gasteiger partial charge in [0.05, 0.1) is 0 Å². The van der Waals surface area contributed by atoms with E-state index in [2.05, 4.69) is 0 Å². The van der Waals surface area contributed by atoms with Crippen molar-refractivity contribution in [3.8, 4) is 0 Å². The number of carbonyl (C=O) groups is 1. The van der Waals surface area contributed by atoms with Gasteiger partial charge in [-0.3, -0.25) is 4.79 Å². The van der Waals surface area contributed by atoms with Crippen molar-refractivity contribution < 1.29 is 4.79 Å². The minimum atomic E-state index is -1.16. The summed E-state index contributed by atoms with van der Waals surface area (Å²) in [4.78, 5) is 12.7. The van der Waals surface area contributed by atoms with Crippen LogP contribution in [0, 0.1) is 0 Å².